The third kappa shape index (κ3) is 2.81. The molecule has 1 aromatic carbocycles. The van der Waals surface area contributed by atoms with Crippen molar-refractivity contribution in [1.82, 2.24) is 0 Å². The molecule has 1 aliphatic carbocycles. The lowest BCUT2D eigenvalue weighted by Crippen LogP contribution is -2.60. The second kappa shape index (κ2) is 5.09. The third-order valence-electron chi connectivity index (χ3n) is 3.78. The Morgan fingerprint density at radius 2 is 2.00 bits per heavy atom. The van der Waals surface area contributed by atoms with Gasteiger partial charge >= 0.3 is 0 Å². The molecule has 1 aliphatic rings. The number of nitrogens with zero attached hydrogens (tertiary/aromatic N) is 1. The number of carbonyl (C=O) groups is 1. The zero-order valence-electron chi connectivity index (χ0n) is 11.4. The van der Waals surface area contributed by atoms with Crippen LogP contribution < -0.4 is 21.1 Å². The van der Waals surface area contributed by atoms with Crippen molar-refractivity contribution in [2.45, 2.75) is 18.4 Å². The number of ether oxygens (including phenoxy) is 1. The molecule has 1 aromatic rings. The van der Waals surface area contributed by atoms with Gasteiger partial charge in [-0.2, -0.15) is 0 Å². The summed E-state index contributed by atoms with van der Waals surface area (Å²) in [7, 11) is 3.54. The average Bonchev–Trinajstić information content (AvgIpc) is 3.23. The molecule has 5 heteroatoms. The van der Waals surface area contributed by atoms with Crippen molar-refractivity contribution in [3.8, 4) is 5.75 Å². The molecule has 2 rings (SSSR count). The molecule has 104 valence electrons. The molecule has 1 fully saturated rings. The lowest BCUT2D eigenvalue weighted by Gasteiger charge is -2.32. The monoisotopic (exact) mass is 263 g/mol. The van der Waals surface area contributed by atoms with Crippen molar-refractivity contribution < 1.29 is 9.53 Å². The highest BCUT2D eigenvalue weighted by Gasteiger charge is 2.47. The molecule has 5 nitrogen and oxygen atoms in total. The fourth-order valence-corrected chi connectivity index (χ4v) is 2.33. The number of anilines is 1. The van der Waals surface area contributed by atoms with Gasteiger partial charge in [0, 0.05) is 19.3 Å². The molecule has 19 heavy (non-hydrogen) atoms. The van der Waals surface area contributed by atoms with E-state index >= 15 is 0 Å². The number of benzene rings is 1. The minimum absolute atomic E-state index is 0.214. The van der Waals surface area contributed by atoms with Crippen LogP contribution in [0.4, 0.5) is 5.69 Å². The van der Waals surface area contributed by atoms with Crippen molar-refractivity contribution >= 4 is 11.6 Å². The van der Waals surface area contributed by atoms with Gasteiger partial charge in [0.15, 0.2) is 0 Å². The van der Waals surface area contributed by atoms with E-state index in [9.17, 15) is 4.79 Å². The van der Waals surface area contributed by atoms with Gasteiger partial charge in [0.1, 0.15) is 11.3 Å². The Morgan fingerprint density at radius 1 is 1.42 bits per heavy atom. The number of likely N-dealkylation sites (N-methyl/N-ethyl adjacent to an activating group) is 1. The highest BCUT2D eigenvalue weighted by atomic mass is 16.5. The minimum atomic E-state index is -0.936. The third-order valence-corrected chi connectivity index (χ3v) is 3.78. The lowest BCUT2D eigenvalue weighted by atomic mass is 9.93. The summed E-state index contributed by atoms with van der Waals surface area (Å²) in [5, 5.41) is 0. The summed E-state index contributed by atoms with van der Waals surface area (Å²) in [6.07, 6.45) is 1.96. The number of hydrogen-bond acceptors (Lipinski definition) is 4. The Balaban J connectivity index is 2.10. The van der Waals surface area contributed by atoms with Crippen molar-refractivity contribution in [2.75, 3.05) is 25.6 Å². The minimum Gasteiger partial charge on any atom is -0.497 e. The molecule has 0 aromatic heterocycles. The van der Waals surface area contributed by atoms with Crippen LogP contribution in [0.3, 0.4) is 0 Å². The van der Waals surface area contributed by atoms with Crippen LogP contribution in [-0.2, 0) is 4.79 Å². The molecule has 0 aliphatic heterocycles. The van der Waals surface area contributed by atoms with E-state index in [1.165, 1.54) is 0 Å². The normalized spacial score (nSPS) is 17.6. The van der Waals surface area contributed by atoms with Gasteiger partial charge in [-0.25, -0.2) is 0 Å². The molecule has 1 saturated carbocycles. The average molecular weight is 263 g/mol. The first-order valence-corrected chi connectivity index (χ1v) is 6.41. The topological polar surface area (TPSA) is 81.6 Å². The molecular formula is C14H21N3O2. The van der Waals surface area contributed by atoms with E-state index in [2.05, 4.69) is 0 Å². The van der Waals surface area contributed by atoms with Gasteiger partial charge in [0.25, 0.3) is 0 Å². The molecule has 0 spiro atoms. The largest absolute Gasteiger partial charge is 0.497 e. The number of hydrogen-bond donors (Lipinski definition) is 2. The van der Waals surface area contributed by atoms with Crippen molar-refractivity contribution in [1.29, 1.82) is 0 Å². The van der Waals surface area contributed by atoms with E-state index < -0.39 is 11.4 Å². The molecule has 1 unspecified atom stereocenters. The molecule has 4 N–H and O–H groups in total. The maximum atomic E-state index is 11.6. The summed E-state index contributed by atoms with van der Waals surface area (Å²) in [5.41, 5.74) is 11.7. The van der Waals surface area contributed by atoms with Crippen LogP contribution in [0.5, 0.6) is 5.75 Å². The van der Waals surface area contributed by atoms with Gasteiger partial charge in [0.2, 0.25) is 5.91 Å². The summed E-state index contributed by atoms with van der Waals surface area (Å²) in [5.74, 6) is 0.592. The van der Waals surface area contributed by atoms with Crippen LogP contribution in [0, 0.1) is 5.92 Å². The van der Waals surface area contributed by atoms with Gasteiger partial charge in [-0.05, 0) is 43.0 Å². The van der Waals surface area contributed by atoms with Crippen LogP contribution in [0.15, 0.2) is 24.3 Å². The zero-order valence-corrected chi connectivity index (χ0v) is 11.4. The highest BCUT2D eigenvalue weighted by Crippen LogP contribution is 2.39. The molecule has 1 atom stereocenters. The number of rotatable bonds is 6. The fraction of sp³-hybridized carbons (Fsp3) is 0.500. The van der Waals surface area contributed by atoms with Gasteiger partial charge < -0.3 is 21.1 Å². The Bertz CT molecular complexity index is 456. The van der Waals surface area contributed by atoms with Gasteiger partial charge in [0.05, 0.1) is 7.11 Å². The Hall–Kier alpha value is -1.75. The van der Waals surface area contributed by atoms with Crippen molar-refractivity contribution in [3.05, 3.63) is 24.3 Å². The Labute approximate surface area is 113 Å². The molecule has 0 heterocycles. The van der Waals surface area contributed by atoms with Gasteiger partial charge in [-0.1, -0.05) is 0 Å². The highest BCUT2D eigenvalue weighted by molar-refractivity contribution is 5.86. The number of amides is 1. The first-order valence-electron chi connectivity index (χ1n) is 6.41. The summed E-state index contributed by atoms with van der Waals surface area (Å²) in [6, 6.07) is 7.64. The summed E-state index contributed by atoms with van der Waals surface area (Å²) >= 11 is 0. The molecule has 1 amide bonds. The lowest BCUT2D eigenvalue weighted by molar-refractivity contribution is -0.123. The summed E-state index contributed by atoms with van der Waals surface area (Å²) in [6.45, 7) is 0.430. The second-order valence-electron chi connectivity index (χ2n) is 5.23. The van der Waals surface area contributed by atoms with Crippen LogP contribution in [0.25, 0.3) is 0 Å². The van der Waals surface area contributed by atoms with Crippen molar-refractivity contribution in [2.24, 2.45) is 17.4 Å². The first kappa shape index (κ1) is 13.7. The summed E-state index contributed by atoms with van der Waals surface area (Å²) in [4.78, 5) is 13.6. The molecule has 0 radical (unpaired) electrons. The quantitative estimate of drug-likeness (QED) is 0.792. The maximum Gasteiger partial charge on any atom is 0.239 e. The smallest absolute Gasteiger partial charge is 0.239 e. The van der Waals surface area contributed by atoms with E-state index in [0.717, 1.165) is 24.3 Å². The number of nitrogens with two attached hydrogens (primary N) is 2. The second-order valence-corrected chi connectivity index (χ2v) is 5.23. The Morgan fingerprint density at radius 3 is 2.42 bits per heavy atom. The van der Waals surface area contributed by atoms with Crippen LogP contribution in [0.2, 0.25) is 0 Å². The molecule has 0 saturated heterocycles. The van der Waals surface area contributed by atoms with Gasteiger partial charge in [-0.15, -0.1) is 0 Å². The van der Waals surface area contributed by atoms with E-state index in [-0.39, 0.29) is 5.92 Å². The van der Waals surface area contributed by atoms with Crippen LogP contribution in [0.1, 0.15) is 12.8 Å². The van der Waals surface area contributed by atoms with Crippen molar-refractivity contribution in [3.63, 3.8) is 0 Å². The van der Waals surface area contributed by atoms with E-state index in [1.54, 1.807) is 7.11 Å². The van der Waals surface area contributed by atoms with Crippen LogP contribution in [-0.4, -0.2) is 32.1 Å². The van der Waals surface area contributed by atoms with E-state index in [0.29, 0.717) is 6.54 Å². The summed E-state index contributed by atoms with van der Waals surface area (Å²) < 4.78 is 5.12. The maximum absolute atomic E-state index is 11.6. The predicted octanol–water partition coefficient (Wildman–Crippen LogP) is 0.724. The molecule has 0 bridgehead atoms. The zero-order chi connectivity index (χ0) is 14.0. The number of carbonyl (C=O) groups excluding carboxylic acids is 1. The fourth-order valence-electron chi connectivity index (χ4n) is 2.33. The van der Waals surface area contributed by atoms with Gasteiger partial charge in [-0.3, -0.25) is 4.79 Å². The number of primary amides is 1. The Kier molecular flexibility index (Phi) is 3.66. The van der Waals surface area contributed by atoms with E-state index in [1.807, 2.05) is 36.2 Å². The predicted molar refractivity (Wildman–Crippen MR) is 75.1 cm³/mol. The first-order chi connectivity index (χ1) is 8.97. The van der Waals surface area contributed by atoms with Crippen LogP contribution >= 0.6 is 0 Å². The molecular weight excluding hydrogens is 242 g/mol. The van der Waals surface area contributed by atoms with E-state index in [4.69, 9.17) is 16.2 Å². The standard InChI is InChI=1S/C14H21N3O2/c1-17(11-5-7-12(19-2)8-6-11)9-14(16,13(15)18)10-3-4-10/h5-8,10H,3-4,9,16H2,1-2H3,(H2,15,18). The SMILES string of the molecule is COc1ccc(N(C)CC(N)(C(N)=O)C2CC2)cc1. The number of methoxy groups -OCH3 is 1.